The Morgan fingerprint density at radius 1 is 0.967 bits per heavy atom. The average molecular weight is 441 g/mol. The second kappa shape index (κ2) is 12.7. The molecular formula is C24H44O5Si. The molecule has 5 nitrogen and oxygen atoms in total. The molecule has 0 radical (unpaired) electrons. The quantitative estimate of drug-likeness (QED) is 0.215. The van der Waals surface area contributed by atoms with Crippen molar-refractivity contribution in [2.75, 3.05) is 0 Å². The smallest absolute Gasteiger partial charge is 0.306 e. The van der Waals surface area contributed by atoms with Gasteiger partial charge in [-0.25, -0.2) is 0 Å². The molecule has 30 heavy (non-hydrogen) atoms. The standard InChI is InChI=1S/C24H44O5Si/c1-7-8-10-13-19-14-11-9-12-15-20(29-30(5,6)24(2,3)4)18-22(26)21(25)16-17-23(27)28-19/h19-20H,7-18H2,1-6H3/t19-,20-/m1/s1. The summed E-state index contributed by atoms with van der Waals surface area (Å²) in [7, 11) is -2.03. The Morgan fingerprint density at radius 3 is 2.27 bits per heavy atom. The van der Waals surface area contributed by atoms with Gasteiger partial charge in [0.25, 0.3) is 0 Å². The van der Waals surface area contributed by atoms with Crippen LogP contribution in [0.1, 0.15) is 105 Å². The SMILES string of the molecule is CCCCC[C@@H]1CCCCC[C@@H](O[Si](C)(C)C(C)(C)C)CC(=O)C(=O)CCC(=O)O1. The second-order valence-corrected chi connectivity index (χ2v) is 15.1. The fourth-order valence-corrected chi connectivity index (χ4v) is 4.91. The van der Waals surface area contributed by atoms with Crippen molar-refractivity contribution in [2.24, 2.45) is 0 Å². The zero-order valence-corrected chi connectivity index (χ0v) is 21.2. The molecule has 1 aliphatic rings. The molecule has 1 saturated heterocycles. The Balaban J connectivity index is 2.81. The molecule has 0 saturated carbocycles. The van der Waals surface area contributed by atoms with E-state index in [2.05, 4.69) is 40.8 Å². The highest BCUT2D eigenvalue weighted by Crippen LogP contribution is 2.38. The van der Waals surface area contributed by atoms with Gasteiger partial charge >= 0.3 is 5.97 Å². The molecule has 0 aromatic heterocycles. The molecule has 1 fully saturated rings. The van der Waals surface area contributed by atoms with Gasteiger partial charge < -0.3 is 9.16 Å². The lowest BCUT2D eigenvalue weighted by atomic mass is 9.99. The molecule has 0 bridgehead atoms. The van der Waals surface area contributed by atoms with Crippen LogP contribution in [0.2, 0.25) is 18.1 Å². The van der Waals surface area contributed by atoms with Crippen molar-refractivity contribution in [1.82, 2.24) is 0 Å². The molecule has 0 amide bonds. The predicted octanol–water partition coefficient (Wildman–Crippen LogP) is 6.14. The first-order valence-electron chi connectivity index (χ1n) is 11.9. The number of unbranched alkanes of at least 4 members (excludes halogenated alkanes) is 2. The Morgan fingerprint density at radius 2 is 1.63 bits per heavy atom. The summed E-state index contributed by atoms with van der Waals surface area (Å²) in [5.41, 5.74) is 0. The molecule has 2 atom stereocenters. The fraction of sp³-hybridized carbons (Fsp3) is 0.875. The van der Waals surface area contributed by atoms with E-state index < -0.39 is 19.9 Å². The monoisotopic (exact) mass is 440 g/mol. The normalized spacial score (nSPS) is 23.7. The first-order chi connectivity index (χ1) is 14.0. The Kier molecular flexibility index (Phi) is 11.5. The Labute approximate surface area is 184 Å². The van der Waals surface area contributed by atoms with Crippen molar-refractivity contribution >= 4 is 25.9 Å². The van der Waals surface area contributed by atoms with Gasteiger partial charge in [-0.05, 0) is 50.2 Å². The van der Waals surface area contributed by atoms with E-state index in [1.165, 1.54) is 0 Å². The van der Waals surface area contributed by atoms with Gasteiger partial charge in [-0.3, -0.25) is 14.4 Å². The average Bonchev–Trinajstić information content (AvgIpc) is 2.63. The van der Waals surface area contributed by atoms with Gasteiger partial charge in [0.15, 0.2) is 14.1 Å². The maximum atomic E-state index is 12.5. The van der Waals surface area contributed by atoms with Gasteiger partial charge in [0.05, 0.1) is 12.5 Å². The van der Waals surface area contributed by atoms with E-state index in [4.69, 9.17) is 9.16 Å². The van der Waals surface area contributed by atoms with Gasteiger partial charge in [0, 0.05) is 12.8 Å². The topological polar surface area (TPSA) is 69.7 Å². The minimum absolute atomic E-state index is 0.0113. The minimum atomic E-state index is -2.03. The molecule has 0 unspecified atom stereocenters. The van der Waals surface area contributed by atoms with Crippen molar-refractivity contribution in [2.45, 2.75) is 135 Å². The third-order valence-electron chi connectivity index (χ3n) is 6.53. The van der Waals surface area contributed by atoms with Gasteiger partial charge in [0.2, 0.25) is 5.78 Å². The number of carbonyl (C=O) groups is 3. The molecule has 0 aliphatic carbocycles. The number of cyclic esters (lactones) is 1. The summed E-state index contributed by atoms with van der Waals surface area (Å²) in [6, 6.07) is 0. The molecule has 0 aromatic carbocycles. The van der Waals surface area contributed by atoms with Crippen molar-refractivity contribution in [3.63, 3.8) is 0 Å². The largest absolute Gasteiger partial charge is 0.462 e. The first kappa shape index (κ1) is 27.0. The van der Waals surface area contributed by atoms with Gasteiger partial charge in [-0.15, -0.1) is 0 Å². The van der Waals surface area contributed by atoms with Gasteiger partial charge in [0.1, 0.15) is 6.10 Å². The zero-order valence-electron chi connectivity index (χ0n) is 20.2. The summed E-state index contributed by atoms with van der Waals surface area (Å²) in [4.78, 5) is 37.0. The number of Topliss-reactive ketones (excluding diaryl/α,β-unsaturated/α-hetero) is 2. The summed E-state index contributed by atoms with van der Waals surface area (Å²) in [6.45, 7) is 13.1. The highest BCUT2D eigenvalue weighted by molar-refractivity contribution is 6.74. The number of ketones is 2. The van der Waals surface area contributed by atoms with Crippen molar-refractivity contribution in [3.8, 4) is 0 Å². The first-order valence-corrected chi connectivity index (χ1v) is 14.8. The van der Waals surface area contributed by atoms with Crippen molar-refractivity contribution < 1.29 is 23.5 Å². The number of rotatable bonds is 6. The summed E-state index contributed by atoms with van der Waals surface area (Å²) in [5.74, 6) is -1.25. The van der Waals surface area contributed by atoms with Crippen LogP contribution in [0, 0.1) is 0 Å². The third kappa shape index (κ3) is 9.86. The highest BCUT2D eigenvalue weighted by atomic mass is 28.4. The van der Waals surface area contributed by atoms with E-state index in [1.54, 1.807) is 0 Å². The predicted molar refractivity (Wildman–Crippen MR) is 123 cm³/mol. The molecule has 1 aliphatic heterocycles. The van der Waals surface area contributed by atoms with E-state index in [9.17, 15) is 14.4 Å². The van der Waals surface area contributed by atoms with Gasteiger partial charge in [-0.2, -0.15) is 0 Å². The van der Waals surface area contributed by atoms with Crippen LogP contribution in [0.25, 0.3) is 0 Å². The third-order valence-corrected chi connectivity index (χ3v) is 11.1. The number of hydrogen-bond acceptors (Lipinski definition) is 5. The van der Waals surface area contributed by atoms with Crippen LogP contribution in [0.15, 0.2) is 0 Å². The van der Waals surface area contributed by atoms with E-state index in [1.807, 2.05) is 0 Å². The van der Waals surface area contributed by atoms with Crippen molar-refractivity contribution in [3.05, 3.63) is 0 Å². The highest BCUT2D eigenvalue weighted by Gasteiger charge is 2.39. The van der Waals surface area contributed by atoms with Crippen LogP contribution in [-0.2, 0) is 23.5 Å². The van der Waals surface area contributed by atoms with E-state index in [0.717, 1.165) is 57.8 Å². The summed E-state index contributed by atoms with van der Waals surface area (Å²) < 4.78 is 12.1. The van der Waals surface area contributed by atoms with Gasteiger partial charge in [-0.1, -0.05) is 53.4 Å². The van der Waals surface area contributed by atoms with Crippen LogP contribution in [-0.4, -0.2) is 38.1 Å². The molecule has 0 aromatic rings. The van der Waals surface area contributed by atoms with Crippen LogP contribution in [0.3, 0.4) is 0 Å². The minimum Gasteiger partial charge on any atom is -0.462 e. The number of esters is 1. The molecule has 0 spiro atoms. The summed E-state index contributed by atoms with van der Waals surface area (Å²) >= 11 is 0. The molecule has 0 N–H and O–H groups in total. The lowest BCUT2D eigenvalue weighted by Crippen LogP contribution is -2.44. The van der Waals surface area contributed by atoms with Crippen LogP contribution in [0.4, 0.5) is 0 Å². The Hall–Kier alpha value is -1.01. The Bertz CT molecular complexity index is 564. The number of ether oxygens (including phenoxy) is 1. The zero-order chi connectivity index (χ0) is 22.8. The molecule has 6 heteroatoms. The van der Waals surface area contributed by atoms with E-state index in [0.29, 0.717) is 0 Å². The van der Waals surface area contributed by atoms with E-state index >= 15 is 0 Å². The summed E-state index contributed by atoms with van der Waals surface area (Å²) in [5, 5.41) is 0.0502. The maximum Gasteiger partial charge on any atom is 0.306 e. The van der Waals surface area contributed by atoms with Crippen LogP contribution < -0.4 is 0 Å². The van der Waals surface area contributed by atoms with Crippen molar-refractivity contribution in [1.29, 1.82) is 0 Å². The lowest BCUT2D eigenvalue weighted by molar-refractivity contribution is -0.151. The molecule has 1 rings (SSSR count). The van der Waals surface area contributed by atoms with Crippen LogP contribution in [0.5, 0.6) is 0 Å². The van der Waals surface area contributed by atoms with Crippen LogP contribution >= 0.6 is 0 Å². The summed E-state index contributed by atoms with van der Waals surface area (Å²) in [6.07, 6.45) is 8.60. The molecule has 1 heterocycles. The maximum absolute atomic E-state index is 12.5. The lowest BCUT2D eigenvalue weighted by Gasteiger charge is -2.39. The number of carbonyl (C=O) groups excluding carboxylic acids is 3. The second-order valence-electron chi connectivity index (χ2n) is 10.3. The number of hydrogen-bond donors (Lipinski definition) is 0. The fourth-order valence-electron chi connectivity index (χ4n) is 3.52. The molecular weight excluding hydrogens is 396 g/mol. The molecule has 174 valence electrons. The van der Waals surface area contributed by atoms with E-state index in [-0.39, 0.29) is 42.5 Å².